The Labute approximate surface area is 168 Å². The van der Waals surface area contributed by atoms with Gasteiger partial charge in [0.25, 0.3) is 5.91 Å². The number of benzene rings is 1. The summed E-state index contributed by atoms with van der Waals surface area (Å²) in [6.07, 6.45) is 7.92. The minimum absolute atomic E-state index is 0.425. The monoisotopic (exact) mass is 386 g/mol. The van der Waals surface area contributed by atoms with E-state index in [0.717, 1.165) is 43.7 Å². The van der Waals surface area contributed by atoms with Crippen molar-refractivity contribution in [1.82, 2.24) is 15.7 Å². The fourth-order valence-corrected chi connectivity index (χ4v) is 4.17. The first-order valence-corrected chi connectivity index (χ1v) is 10.4. The number of nitrogens with one attached hydrogen (secondary N) is 2. The normalized spacial score (nSPS) is 21.2. The molecule has 154 valence electrons. The number of carbonyl (C=O) groups is 1. The van der Waals surface area contributed by atoms with Crippen LogP contribution in [0.4, 0.5) is 5.69 Å². The van der Waals surface area contributed by atoms with E-state index in [1.165, 1.54) is 32.0 Å². The van der Waals surface area contributed by atoms with Gasteiger partial charge in [0.15, 0.2) is 0 Å². The Morgan fingerprint density at radius 3 is 2.57 bits per heavy atom. The molecule has 2 aliphatic rings. The Balaban J connectivity index is 1.52. The quantitative estimate of drug-likeness (QED) is 0.398. The first kappa shape index (κ1) is 20.8. The standard InChI is InChI=1S/C22H34N4O2/c1-22(11-15-25(2)16-12-22)17-23-19-9-13-26(14-10-19)20-6-4-3-5-18(20)7-8-21(27)24-28/h3-8,19,23,28H,9-17H2,1-2H3,(H,24,27). The van der Waals surface area contributed by atoms with Gasteiger partial charge in [0.1, 0.15) is 0 Å². The van der Waals surface area contributed by atoms with Crippen LogP contribution >= 0.6 is 0 Å². The third-order valence-electron chi connectivity index (χ3n) is 6.31. The van der Waals surface area contributed by atoms with Crippen LogP contribution in [-0.2, 0) is 4.79 Å². The summed E-state index contributed by atoms with van der Waals surface area (Å²) in [4.78, 5) is 16.1. The number of carbonyl (C=O) groups excluding carboxylic acids is 1. The molecule has 0 aliphatic carbocycles. The summed E-state index contributed by atoms with van der Waals surface area (Å²) < 4.78 is 0. The van der Waals surface area contributed by atoms with Crippen LogP contribution in [0.5, 0.6) is 0 Å². The van der Waals surface area contributed by atoms with Gasteiger partial charge in [-0.3, -0.25) is 10.0 Å². The average molecular weight is 387 g/mol. The van der Waals surface area contributed by atoms with Crippen molar-refractivity contribution in [2.24, 2.45) is 5.41 Å². The topological polar surface area (TPSA) is 67.8 Å². The molecule has 3 N–H and O–H groups in total. The van der Waals surface area contributed by atoms with Crippen molar-refractivity contribution >= 4 is 17.7 Å². The molecule has 6 heteroatoms. The molecule has 0 radical (unpaired) electrons. The molecule has 3 rings (SSSR count). The Bertz CT molecular complexity index is 675. The van der Waals surface area contributed by atoms with E-state index in [-0.39, 0.29) is 0 Å². The molecule has 2 heterocycles. The third kappa shape index (κ3) is 5.56. The molecule has 0 bridgehead atoms. The zero-order chi connectivity index (χ0) is 20.0. The Morgan fingerprint density at radius 2 is 1.89 bits per heavy atom. The highest BCUT2D eigenvalue weighted by Crippen LogP contribution is 2.30. The smallest absolute Gasteiger partial charge is 0.267 e. The number of likely N-dealkylation sites (tertiary alicyclic amines) is 1. The molecule has 1 aromatic carbocycles. The maximum atomic E-state index is 11.3. The molecule has 2 fully saturated rings. The summed E-state index contributed by atoms with van der Waals surface area (Å²) in [5, 5.41) is 12.5. The van der Waals surface area contributed by atoms with E-state index in [1.807, 2.05) is 18.2 Å². The molecule has 0 aromatic heterocycles. The van der Waals surface area contributed by atoms with Crippen molar-refractivity contribution in [3.63, 3.8) is 0 Å². The highest BCUT2D eigenvalue weighted by atomic mass is 16.5. The van der Waals surface area contributed by atoms with Crippen molar-refractivity contribution in [1.29, 1.82) is 0 Å². The number of hydrogen-bond donors (Lipinski definition) is 3. The first-order valence-electron chi connectivity index (χ1n) is 10.4. The van der Waals surface area contributed by atoms with Gasteiger partial charge in [-0.15, -0.1) is 0 Å². The van der Waals surface area contributed by atoms with Crippen LogP contribution in [0.25, 0.3) is 6.08 Å². The van der Waals surface area contributed by atoms with Crippen LogP contribution in [0.15, 0.2) is 30.3 Å². The molecule has 2 aliphatic heterocycles. The summed E-state index contributed by atoms with van der Waals surface area (Å²) in [6.45, 7) is 7.96. The molecule has 6 nitrogen and oxygen atoms in total. The number of anilines is 1. The molecular formula is C22H34N4O2. The van der Waals surface area contributed by atoms with Gasteiger partial charge in [0, 0.05) is 37.4 Å². The zero-order valence-corrected chi connectivity index (χ0v) is 17.2. The highest BCUT2D eigenvalue weighted by molar-refractivity contribution is 5.91. The fourth-order valence-electron chi connectivity index (χ4n) is 4.17. The molecule has 0 spiro atoms. The molecule has 0 unspecified atom stereocenters. The van der Waals surface area contributed by atoms with Crippen LogP contribution in [-0.4, -0.2) is 61.8 Å². The second kappa shape index (κ2) is 9.54. The van der Waals surface area contributed by atoms with Crippen molar-refractivity contribution in [3.05, 3.63) is 35.9 Å². The van der Waals surface area contributed by atoms with Crippen LogP contribution in [0.3, 0.4) is 0 Å². The van der Waals surface area contributed by atoms with E-state index in [0.29, 0.717) is 11.5 Å². The maximum absolute atomic E-state index is 11.3. The zero-order valence-electron chi connectivity index (χ0n) is 17.2. The number of nitrogens with zero attached hydrogens (tertiary/aromatic N) is 2. The first-order chi connectivity index (χ1) is 13.5. The minimum Gasteiger partial charge on any atom is -0.371 e. The summed E-state index contributed by atoms with van der Waals surface area (Å²) in [6, 6.07) is 8.68. The van der Waals surface area contributed by atoms with E-state index >= 15 is 0 Å². The summed E-state index contributed by atoms with van der Waals surface area (Å²) in [5.74, 6) is -0.514. The van der Waals surface area contributed by atoms with Crippen LogP contribution in [0, 0.1) is 5.41 Å². The minimum atomic E-state index is -0.514. The largest absolute Gasteiger partial charge is 0.371 e. The van der Waals surface area contributed by atoms with Crippen LogP contribution in [0.1, 0.15) is 38.2 Å². The van der Waals surface area contributed by atoms with Gasteiger partial charge in [-0.25, -0.2) is 5.48 Å². The summed E-state index contributed by atoms with van der Waals surface area (Å²) in [5.41, 5.74) is 4.20. The number of rotatable bonds is 6. The Kier molecular flexibility index (Phi) is 7.10. The SMILES string of the molecule is CN1CCC(C)(CNC2CCN(c3ccccc3C=CC(=O)NO)CC2)CC1. The second-order valence-electron chi connectivity index (χ2n) is 8.62. The molecule has 2 saturated heterocycles. The maximum Gasteiger partial charge on any atom is 0.267 e. The van der Waals surface area contributed by atoms with Gasteiger partial charge in [-0.1, -0.05) is 25.1 Å². The number of amides is 1. The lowest BCUT2D eigenvalue weighted by Gasteiger charge is -2.40. The van der Waals surface area contributed by atoms with Gasteiger partial charge in [-0.2, -0.15) is 0 Å². The second-order valence-corrected chi connectivity index (χ2v) is 8.62. The summed E-state index contributed by atoms with van der Waals surface area (Å²) >= 11 is 0. The van der Waals surface area contributed by atoms with Crippen molar-refractivity contribution in [2.45, 2.75) is 38.6 Å². The van der Waals surface area contributed by atoms with Gasteiger partial charge >= 0.3 is 0 Å². The number of para-hydroxylation sites is 1. The van der Waals surface area contributed by atoms with Crippen molar-refractivity contribution in [2.75, 3.05) is 44.7 Å². The number of hydroxylamine groups is 1. The summed E-state index contributed by atoms with van der Waals surface area (Å²) in [7, 11) is 2.21. The number of hydrogen-bond acceptors (Lipinski definition) is 5. The molecule has 1 aromatic rings. The number of piperidine rings is 2. The van der Waals surface area contributed by atoms with E-state index in [2.05, 4.69) is 35.2 Å². The van der Waals surface area contributed by atoms with Gasteiger partial charge in [0.05, 0.1) is 0 Å². The Morgan fingerprint density at radius 1 is 1.21 bits per heavy atom. The van der Waals surface area contributed by atoms with Crippen molar-refractivity contribution in [3.8, 4) is 0 Å². The van der Waals surface area contributed by atoms with E-state index in [4.69, 9.17) is 5.21 Å². The lowest BCUT2D eigenvalue weighted by molar-refractivity contribution is -0.124. The highest BCUT2D eigenvalue weighted by Gasteiger charge is 2.30. The third-order valence-corrected chi connectivity index (χ3v) is 6.31. The van der Waals surface area contributed by atoms with Crippen molar-refractivity contribution < 1.29 is 10.0 Å². The van der Waals surface area contributed by atoms with Gasteiger partial charge < -0.3 is 15.1 Å². The molecular weight excluding hydrogens is 352 g/mol. The fraction of sp³-hybridized carbons (Fsp3) is 0.591. The average Bonchev–Trinajstić information content (AvgIpc) is 2.73. The molecule has 0 atom stereocenters. The Hall–Kier alpha value is -1.89. The lowest BCUT2D eigenvalue weighted by atomic mass is 9.80. The van der Waals surface area contributed by atoms with E-state index in [1.54, 1.807) is 11.6 Å². The van der Waals surface area contributed by atoms with Crippen LogP contribution in [0.2, 0.25) is 0 Å². The molecule has 1 amide bonds. The lowest BCUT2D eigenvalue weighted by Crippen LogP contribution is -2.48. The van der Waals surface area contributed by atoms with Gasteiger partial charge in [0.2, 0.25) is 0 Å². The van der Waals surface area contributed by atoms with E-state index < -0.39 is 5.91 Å². The van der Waals surface area contributed by atoms with Gasteiger partial charge in [-0.05, 0) is 68.9 Å². The van der Waals surface area contributed by atoms with Crippen LogP contribution < -0.4 is 15.7 Å². The molecule has 28 heavy (non-hydrogen) atoms. The predicted octanol–water partition coefficient (Wildman–Crippen LogP) is 2.50. The predicted molar refractivity (Wildman–Crippen MR) is 113 cm³/mol. The van der Waals surface area contributed by atoms with E-state index in [9.17, 15) is 4.79 Å². The molecule has 0 saturated carbocycles.